The van der Waals surface area contributed by atoms with Gasteiger partial charge in [0.25, 0.3) is 13.4 Å². The van der Waals surface area contributed by atoms with E-state index in [9.17, 15) is 14.3 Å². The molecule has 1 fully saturated rings. The maximum Gasteiger partial charge on any atom is 1.00 e. The number of hydrogen-bond acceptors (Lipinski definition) is 6. The first-order valence-corrected chi connectivity index (χ1v) is 10.1. The van der Waals surface area contributed by atoms with Crippen LogP contribution >= 0.6 is 7.82 Å². The van der Waals surface area contributed by atoms with Gasteiger partial charge in [0.1, 0.15) is 0 Å². The van der Waals surface area contributed by atoms with Crippen LogP contribution < -0.4 is 44.8 Å². The van der Waals surface area contributed by atoms with Crippen LogP contribution in [0, 0.1) is 6.92 Å². The average Bonchev–Trinajstić information content (AvgIpc) is 2.47. The zero-order valence-corrected chi connectivity index (χ0v) is 19.2. The molecule has 0 aliphatic heterocycles. The van der Waals surface area contributed by atoms with E-state index < -0.39 is 20.2 Å². The minimum Gasteiger partial charge on any atom is -0.756 e. The van der Waals surface area contributed by atoms with Crippen molar-refractivity contribution in [2.24, 2.45) is 0 Å². The standard InChI is InChI=1S/C17H28NO6P.Na/c1-13-10-15(14-8-6-5-7-9-14)18(16(19)11-13)22-12-23-25(20,21)24-17(2,3)4;/h10-11,14H,5-9,12H2,1-4H3,(H,20,21);/q;+1/p-1. The molecule has 0 radical (unpaired) electrons. The van der Waals surface area contributed by atoms with Crippen LogP contribution in [-0.4, -0.2) is 17.1 Å². The fourth-order valence-corrected chi connectivity index (χ4v) is 3.94. The predicted octanol–water partition coefficient (Wildman–Crippen LogP) is -0.105. The third-order valence-corrected chi connectivity index (χ3v) is 5.16. The normalized spacial score (nSPS) is 18.0. The zero-order chi connectivity index (χ0) is 18.7. The molecule has 9 heteroatoms. The van der Waals surface area contributed by atoms with E-state index in [4.69, 9.17) is 13.9 Å². The summed E-state index contributed by atoms with van der Waals surface area (Å²) < 4.78 is 22.5. The molecule has 1 aliphatic rings. The van der Waals surface area contributed by atoms with E-state index in [-0.39, 0.29) is 41.0 Å². The summed E-state index contributed by atoms with van der Waals surface area (Å²) in [5, 5.41) is 0. The van der Waals surface area contributed by atoms with Crippen LogP contribution in [0.5, 0.6) is 0 Å². The fourth-order valence-electron chi connectivity index (χ4n) is 3.04. The summed E-state index contributed by atoms with van der Waals surface area (Å²) in [4.78, 5) is 29.4. The molecule has 142 valence electrons. The molecule has 1 heterocycles. The number of aryl methyl sites for hydroxylation is 1. The summed E-state index contributed by atoms with van der Waals surface area (Å²) in [6.45, 7) is 6.06. The van der Waals surface area contributed by atoms with Crippen LogP contribution in [0.25, 0.3) is 0 Å². The van der Waals surface area contributed by atoms with Crippen LogP contribution in [0.15, 0.2) is 16.9 Å². The number of phosphoric acid groups is 1. The molecule has 1 atom stereocenters. The Morgan fingerprint density at radius 2 is 1.85 bits per heavy atom. The number of pyridine rings is 1. The Bertz CT molecular complexity index is 693. The second-order valence-corrected chi connectivity index (χ2v) is 8.79. The molecule has 0 bridgehead atoms. The largest absolute Gasteiger partial charge is 1.00 e. The van der Waals surface area contributed by atoms with Crippen molar-refractivity contribution < 1.29 is 52.9 Å². The van der Waals surface area contributed by atoms with Crippen molar-refractivity contribution in [1.82, 2.24) is 4.73 Å². The minimum absolute atomic E-state index is 0. The van der Waals surface area contributed by atoms with E-state index in [1.54, 1.807) is 20.8 Å². The monoisotopic (exact) mass is 395 g/mol. The van der Waals surface area contributed by atoms with Gasteiger partial charge in [-0.3, -0.25) is 13.9 Å². The summed E-state index contributed by atoms with van der Waals surface area (Å²) in [7, 11) is -4.51. The van der Waals surface area contributed by atoms with Crippen molar-refractivity contribution in [3.8, 4) is 0 Å². The van der Waals surface area contributed by atoms with E-state index in [0.717, 1.165) is 41.7 Å². The van der Waals surface area contributed by atoms with Crippen molar-refractivity contribution in [2.45, 2.75) is 71.3 Å². The van der Waals surface area contributed by atoms with Crippen molar-refractivity contribution in [2.75, 3.05) is 6.79 Å². The van der Waals surface area contributed by atoms with Crippen LogP contribution in [0.1, 0.15) is 70.1 Å². The maximum atomic E-state index is 12.3. The Labute approximate surface area is 176 Å². The Balaban J connectivity index is 0.00000338. The molecule has 1 aromatic heterocycles. The van der Waals surface area contributed by atoms with Gasteiger partial charge in [-0.05, 0) is 52.2 Å². The molecule has 0 N–H and O–H groups in total. The van der Waals surface area contributed by atoms with E-state index in [0.29, 0.717) is 0 Å². The molecule has 0 spiro atoms. The van der Waals surface area contributed by atoms with Gasteiger partial charge in [-0.2, -0.15) is 0 Å². The van der Waals surface area contributed by atoms with Gasteiger partial charge in [-0.1, -0.05) is 19.3 Å². The van der Waals surface area contributed by atoms with Crippen LogP contribution in [0.2, 0.25) is 0 Å². The summed E-state index contributed by atoms with van der Waals surface area (Å²) in [6, 6.07) is 3.37. The molecule has 0 saturated heterocycles. The number of nitrogens with zero attached hydrogens (tertiary/aromatic N) is 1. The van der Waals surface area contributed by atoms with Crippen molar-refractivity contribution in [1.29, 1.82) is 0 Å². The molecule has 1 unspecified atom stereocenters. The Morgan fingerprint density at radius 3 is 2.42 bits per heavy atom. The van der Waals surface area contributed by atoms with E-state index in [1.165, 1.54) is 12.5 Å². The van der Waals surface area contributed by atoms with Gasteiger partial charge < -0.3 is 14.3 Å². The molecular weight excluding hydrogens is 368 g/mol. The first-order chi connectivity index (χ1) is 11.6. The molecule has 1 saturated carbocycles. The van der Waals surface area contributed by atoms with Crippen LogP contribution in [0.3, 0.4) is 0 Å². The van der Waals surface area contributed by atoms with Gasteiger partial charge in [0.05, 0.1) is 11.3 Å². The summed E-state index contributed by atoms with van der Waals surface area (Å²) >= 11 is 0. The first kappa shape index (κ1) is 23.9. The SMILES string of the molecule is Cc1cc(C2CCCCC2)n(OCOP(=O)([O-])OC(C)(C)C)c(=O)c1.[Na+]. The second-order valence-electron chi connectivity index (χ2n) is 7.45. The molecule has 0 aromatic carbocycles. The Hall–Kier alpha value is -0.140. The summed E-state index contributed by atoms with van der Waals surface area (Å²) in [6.07, 6.45) is 5.39. The molecule has 7 nitrogen and oxygen atoms in total. The molecular formula is C17H27NNaO6P. The quantitative estimate of drug-likeness (QED) is 0.380. The van der Waals surface area contributed by atoms with Gasteiger partial charge in [-0.25, -0.2) is 0 Å². The topological polar surface area (TPSA) is 89.8 Å². The van der Waals surface area contributed by atoms with Gasteiger partial charge >= 0.3 is 29.6 Å². The van der Waals surface area contributed by atoms with Gasteiger partial charge in [0, 0.05) is 12.0 Å². The second kappa shape index (κ2) is 9.87. The Kier molecular flexibility index (Phi) is 9.08. The van der Waals surface area contributed by atoms with Crippen LogP contribution in [-0.2, 0) is 13.6 Å². The molecule has 1 aliphatic carbocycles. The zero-order valence-electron chi connectivity index (χ0n) is 16.3. The number of phosphoric ester groups is 1. The summed E-state index contributed by atoms with van der Waals surface area (Å²) in [5.74, 6) is 0.228. The van der Waals surface area contributed by atoms with Crippen molar-refractivity contribution in [3.05, 3.63) is 33.7 Å². The molecule has 26 heavy (non-hydrogen) atoms. The third-order valence-electron chi connectivity index (χ3n) is 3.96. The van der Waals surface area contributed by atoms with Gasteiger partial charge in [-0.15, -0.1) is 4.73 Å². The molecule has 2 rings (SSSR count). The first-order valence-electron chi connectivity index (χ1n) is 8.61. The molecule has 1 aromatic rings. The Morgan fingerprint density at radius 1 is 1.23 bits per heavy atom. The molecule has 0 amide bonds. The van der Waals surface area contributed by atoms with E-state index in [1.807, 2.05) is 13.0 Å². The number of hydrogen-bond donors (Lipinski definition) is 0. The number of rotatable bonds is 6. The van der Waals surface area contributed by atoms with Gasteiger partial charge in [0.2, 0.25) is 6.79 Å². The average molecular weight is 395 g/mol. The maximum absolute atomic E-state index is 12.3. The van der Waals surface area contributed by atoms with Crippen molar-refractivity contribution >= 4 is 7.82 Å². The van der Waals surface area contributed by atoms with E-state index in [2.05, 4.69) is 0 Å². The van der Waals surface area contributed by atoms with Crippen LogP contribution in [0.4, 0.5) is 0 Å². The fraction of sp³-hybridized carbons (Fsp3) is 0.706. The van der Waals surface area contributed by atoms with Gasteiger partial charge in [0.15, 0.2) is 0 Å². The summed E-state index contributed by atoms with van der Waals surface area (Å²) in [5.41, 5.74) is 0.398. The van der Waals surface area contributed by atoms with Crippen molar-refractivity contribution in [3.63, 3.8) is 0 Å². The number of aromatic nitrogens is 1. The third kappa shape index (κ3) is 7.47. The minimum atomic E-state index is -4.51. The van der Waals surface area contributed by atoms with E-state index >= 15 is 0 Å². The smallest absolute Gasteiger partial charge is 0.756 e. The predicted molar refractivity (Wildman–Crippen MR) is 92.2 cm³/mol.